The molecule has 25 heavy (non-hydrogen) atoms. The molecule has 140 valence electrons. The van der Waals surface area contributed by atoms with Crippen molar-refractivity contribution in [3.05, 3.63) is 11.6 Å². The van der Waals surface area contributed by atoms with Gasteiger partial charge in [-0.2, -0.15) is 0 Å². The predicted molar refractivity (Wildman–Crippen MR) is 94.7 cm³/mol. The molecule has 0 aromatic rings. The molecule has 0 heterocycles. The zero-order valence-electron chi connectivity index (χ0n) is 15.7. The van der Waals surface area contributed by atoms with Gasteiger partial charge in [0.05, 0.1) is 12.2 Å². The minimum absolute atomic E-state index is 0.0557. The van der Waals surface area contributed by atoms with Crippen LogP contribution >= 0.6 is 0 Å². The highest BCUT2D eigenvalue weighted by atomic mass is 16.3. The van der Waals surface area contributed by atoms with Crippen LogP contribution in [0.5, 0.6) is 0 Å². The lowest BCUT2D eigenvalue weighted by Gasteiger charge is -2.60. The predicted octanol–water partition coefficient (Wildman–Crippen LogP) is 2.60. The third kappa shape index (κ3) is 2.14. The van der Waals surface area contributed by atoms with Crippen molar-refractivity contribution in [2.75, 3.05) is 0 Å². The number of aliphatic hydroxyl groups is 3. The maximum atomic E-state index is 12.3. The van der Waals surface area contributed by atoms with E-state index in [4.69, 9.17) is 0 Å². The first-order valence-electron chi connectivity index (χ1n) is 9.92. The van der Waals surface area contributed by atoms with E-state index in [1.54, 1.807) is 0 Å². The normalized spacial score (nSPS) is 55.0. The summed E-state index contributed by atoms with van der Waals surface area (Å²) in [5.74, 6) is 0.608. The molecule has 4 rings (SSSR count). The molecule has 0 aromatic heterocycles. The number of fused-ring (bicyclic) bond motifs is 5. The first-order valence-corrected chi connectivity index (χ1v) is 9.92. The molecular formula is C21H32O4. The molecular weight excluding hydrogens is 316 g/mol. The standard InChI is InChI=1S/C21H32O4/c1-12(22)21(25)9-7-16-15-5-4-13-10-14(23)6-8-19(13,2)18(15)17(24)11-20(16,21)3/h4,14-18,23-25H,5-11H2,1-3H3/t14?,15-,16-,17+,18+,19-,20-,21-/m0/s1. The molecule has 8 atom stereocenters. The van der Waals surface area contributed by atoms with Crippen molar-refractivity contribution in [3.63, 3.8) is 0 Å². The molecule has 0 bridgehead atoms. The summed E-state index contributed by atoms with van der Waals surface area (Å²) in [4.78, 5) is 12.3. The Balaban J connectivity index is 1.74. The van der Waals surface area contributed by atoms with Gasteiger partial charge in [0, 0.05) is 5.41 Å². The summed E-state index contributed by atoms with van der Waals surface area (Å²) in [7, 11) is 0. The van der Waals surface area contributed by atoms with Crippen molar-refractivity contribution in [1.82, 2.24) is 0 Å². The lowest BCUT2D eigenvalue weighted by atomic mass is 9.46. The summed E-state index contributed by atoms with van der Waals surface area (Å²) in [6.45, 7) is 5.78. The summed E-state index contributed by atoms with van der Waals surface area (Å²) < 4.78 is 0. The lowest BCUT2D eigenvalue weighted by molar-refractivity contribution is -0.177. The molecule has 3 N–H and O–H groups in total. The van der Waals surface area contributed by atoms with Crippen LogP contribution in [0.25, 0.3) is 0 Å². The average molecular weight is 348 g/mol. The smallest absolute Gasteiger partial charge is 0.161 e. The Morgan fingerprint density at radius 3 is 2.60 bits per heavy atom. The van der Waals surface area contributed by atoms with E-state index in [1.807, 2.05) is 6.92 Å². The Kier molecular flexibility index (Phi) is 3.82. The van der Waals surface area contributed by atoms with Crippen molar-refractivity contribution in [1.29, 1.82) is 0 Å². The fourth-order valence-electron chi connectivity index (χ4n) is 7.36. The van der Waals surface area contributed by atoms with Crippen molar-refractivity contribution >= 4 is 5.78 Å². The highest BCUT2D eigenvalue weighted by Gasteiger charge is 2.67. The van der Waals surface area contributed by atoms with Gasteiger partial charge < -0.3 is 15.3 Å². The van der Waals surface area contributed by atoms with Crippen molar-refractivity contribution < 1.29 is 20.1 Å². The highest BCUT2D eigenvalue weighted by molar-refractivity contribution is 5.86. The summed E-state index contributed by atoms with van der Waals surface area (Å²) in [5.41, 5.74) is -0.568. The van der Waals surface area contributed by atoms with Gasteiger partial charge in [-0.1, -0.05) is 25.5 Å². The van der Waals surface area contributed by atoms with Crippen LogP contribution in [0.3, 0.4) is 0 Å². The number of ketones is 1. The molecule has 0 aliphatic heterocycles. The largest absolute Gasteiger partial charge is 0.393 e. The van der Waals surface area contributed by atoms with Crippen molar-refractivity contribution in [2.45, 2.75) is 83.5 Å². The highest BCUT2D eigenvalue weighted by Crippen LogP contribution is 2.67. The first kappa shape index (κ1) is 17.7. The first-order chi connectivity index (χ1) is 11.6. The number of hydrogen-bond acceptors (Lipinski definition) is 4. The van der Waals surface area contributed by atoms with Crippen LogP contribution in [0.2, 0.25) is 0 Å². The van der Waals surface area contributed by atoms with Gasteiger partial charge in [0.25, 0.3) is 0 Å². The Hall–Kier alpha value is -0.710. The average Bonchev–Trinajstić information content (AvgIpc) is 2.80. The van der Waals surface area contributed by atoms with E-state index in [-0.39, 0.29) is 29.1 Å². The Labute approximate surface area is 150 Å². The number of aliphatic hydroxyl groups excluding tert-OH is 2. The van der Waals surface area contributed by atoms with Crippen LogP contribution < -0.4 is 0 Å². The monoisotopic (exact) mass is 348 g/mol. The van der Waals surface area contributed by atoms with Gasteiger partial charge in [0.15, 0.2) is 5.78 Å². The number of carbonyl (C=O) groups is 1. The molecule has 0 spiro atoms. The van der Waals surface area contributed by atoms with E-state index < -0.39 is 17.1 Å². The molecule has 3 saturated carbocycles. The van der Waals surface area contributed by atoms with Gasteiger partial charge in [-0.25, -0.2) is 0 Å². The Morgan fingerprint density at radius 1 is 1.20 bits per heavy atom. The molecule has 0 amide bonds. The van der Waals surface area contributed by atoms with Crippen LogP contribution in [-0.2, 0) is 4.79 Å². The van der Waals surface area contributed by atoms with E-state index in [1.165, 1.54) is 12.5 Å². The van der Waals surface area contributed by atoms with Crippen molar-refractivity contribution in [2.24, 2.45) is 28.6 Å². The zero-order valence-corrected chi connectivity index (χ0v) is 15.7. The molecule has 0 aromatic carbocycles. The van der Waals surface area contributed by atoms with Crippen molar-refractivity contribution in [3.8, 4) is 0 Å². The summed E-state index contributed by atoms with van der Waals surface area (Å²) >= 11 is 0. The quantitative estimate of drug-likeness (QED) is 0.637. The third-order valence-electron chi connectivity index (χ3n) is 8.75. The van der Waals surface area contributed by atoms with Crippen LogP contribution in [0.1, 0.15) is 65.7 Å². The van der Waals surface area contributed by atoms with E-state index in [0.29, 0.717) is 18.8 Å². The fourth-order valence-corrected chi connectivity index (χ4v) is 7.36. The zero-order chi connectivity index (χ0) is 18.2. The van der Waals surface area contributed by atoms with E-state index in [2.05, 4.69) is 13.0 Å². The second kappa shape index (κ2) is 5.40. The number of allylic oxidation sites excluding steroid dienone is 1. The summed E-state index contributed by atoms with van der Waals surface area (Å²) in [6.07, 6.45) is 6.76. The van der Waals surface area contributed by atoms with Crippen LogP contribution in [-0.4, -0.2) is 38.9 Å². The van der Waals surface area contributed by atoms with Gasteiger partial charge in [-0.15, -0.1) is 0 Å². The van der Waals surface area contributed by atoms with Gasteiger partial charge >= 0.3 is 0 Å². The second-order valence-corrected chi connectivity index (χ2v) is 9.72. The number of Topliss-reactive ketones (excluding diaryl/α,β-unsaturated/α-hetero) is 1. The maximum Gasteiger partial charge on any atom is 0.161 e. The van der Waals surface area contributed by atoms with Crippen LogP contribution in [0, 0.1) is 28.6 Å². The minimum Gasteiger partial charge on any atom is -0.393 e. The van der Waals surface area contributed by atoms with E-state index in [9.17, 15) is 20.1 Å². The Morgan fingerprint density at radius 2 is 1.92 bits per heavy atom. The summed E-state index contributed by atoms with van der Waals surface area (Å²) in [6, 6.07) is 0. The van der Waals surface area contributed by atoms with E-state index >= 15 is 0 Å². The van der Waals surface area contributed by atoms with Crippen LogP contribution in [0.4, 0.5) is 0 Å². The molecule has 0 radical (unpaired) electrons. The topological polar surface area (TPSA) is 77.8 Å². The van der Waals surface area contributed by atoms with E-state index in [0.717, 1.165) is 32.1 Å². The summed E-state index contributed by atoms with van der Waals surface area (Å²) in [5, 5.41) is 32.4. The Bertz CT molecular complexity index is 627. The number of carbonyl (C=O) groups excluding carboxylic acids is 1. The van der Waals surface area contributed by atoms with Gasteiger partial charge in [-0.05, 0) is 75.0 Å². The molecule has 3 fully saturated rings. The maximum absolute atomic E-state index is 12.3. The van der Waals surface area contributed by atoms with Crippen LogP contribution in [0.15, 0.2) is 11.6 Å². The third-order valence-corrected chi connectivity index (χ3v) is 8.75. The lowest BCUT2D eigenvalue weighted by Crippen LogP contribution is -2.61. The minimum atomic E-state index is -1.29. The second-order valence-electron chi connectivity index (χ2n) is 9.72. The number of hydrogen-bond donors (Lipinski definition) is 3. The molecule has 4 aliphatic rings. The molecule has 4 nitrogen and oxygen atoms in total. The van der Waals surface area contributed by atoms with Gasteiger partial charge in [0.1, 0.15) is 5.60 Å². The fraction of sp³-hybridized carbons (Fsp3) is 0.857. The SMILES string of the molecule is CC(=O)[C@@]1(O)CC[C@H]2[C@@H]3CC=C4CC(O)CC[C@]4(C)[C@H]3[C@H](O)C[C@@]21C. The van der Waals surface area contributed by atoms with Gasteiger partial charge in [-0.3, -0.25) is 4.79 Å². The molecule has 4 heteroatoms. The molecule has 4 aliphatic carbocycles. The number of rotatable bonds is 1. The molecule has 1 unspecified atom stereocenters. The van der Waals surface area contributed by atoms with Gasteiger partial charge in [0.2, 0.25) is 0 Å². The molecule has 0 saturated heterocycles.